The molecule has 2 aromatic heterocycles. The van der Waals surface area contributed by atoms with Crippen molar-refractivity contribution in [2.24, 2.45) is 0 Å². The van der Waals surface area contributed by atoms with Gasteiger partial charge in [-0.15, -0.1) is 10.2 Å². The van der Waals surface area contributed by atoms with Crippen LogP contribution in [0.2, 0.25) is 0 Å². The number of hydrogen-bond donors (Lipinski definition) is 1. The van der Waals surface area contributed by atoms with Gasteiger partial charge >= 0.3 is 0 Å². The largest absolute Gasteiger partial charge is 0.419 e. The van der Waals surface area contributed by atoms with Gasteiger partial charge in [-0.2, -0.15) is 0 Å². The Morgan fingerprint density at radius 2 is 2.12 bits per heavy atom. The van der Waals surface area contributed by atoms with Crippen molar-refractivity contribution in [3.8, 4) is 11.6 Å². The van der Waals surface area contributed by atoms with Crippen LogP contribution in [0.5, 0.6) is 0 Å². The number of halogens is 2. The summed E-state index contributed by atoms with van der Waals surface area (Å²) in [4.78, 5) is 12.2. The Hall–Kier alpha value is -3.03. The van der Waals surface area contributed by atoms with E-state index in [0.717, 1.165) is 25.0 Å². The Labute approximate surface area is 147 Å². The molecule has 1 N–H and O–H groups in total. The van der Waals surface area contributed by atoms with E-state index < -0.39 is 17.5 Å². The molecule has 6 nitrogen and oxygen atoms in total. The van der Waals surface area contributed by atoms with Gasteiger partial charge in [0.15, 0.2) is 0 Å². The molecule has 26 heavy (non-hydrogen) atoms. The molecule has 1 fully saturated rings. The molecule has 0 aliphatic heterocycles. The number of aromatic nitrogens is 3. The van der Waals surface area contributed by atoms with Gasteiger partial charge in [0, 0.05) is 18.2 Å². The van der Waals surface area contributed by atoms with Crippen molar-refractivity contribution in [3.63, 3.8) is 0 Å². The molecule has 4 rings (SSSR count). The molecule has 0 atom stereocenters. The van der Waals surface area contributed by atoms with Crippen LogP contribution in [0, 0.1) is 11.6 Å². The molecule has 1 amide bonds. The standard InChI is InChI=1S/C18H16F2N4O2/c19-12-6-7-14(13(20)9-12)21-16(25)10-24-8-2-5-15(24)18-23-22-17(26-18)11-3-1-4-11/h2,5-9,11H,1,3-4,10H2,(H,21,25). The summed E-state index contributed by atoms with van der Waals surface area (Å²) in [6, 6.07) is 6.51. The number of nitrogens with one attached hydrogen (secondary N) is 1. The number of rotatable bonds is 5. The van der Waals surface area contributed by atoms with Crippen molar-refractivity contribution in [1.82, 2.24) is 14.8 Å². The molecule has 0 radical (unpaired) electrons. The van der Waals surface area contributed by atoms with Crippen molar-refractivity contribution < 1.29 is 18.0 Å². The van der Waals surface area contributed by atoms with E-state index in [1.807, 2.05) is 0 Å². The highest BCUT2D eigenvalue weighted by Crippen LogP contribution is 2.36. The van der Waals surface area contributed by atoms with E-state index in [2.05, 4.69) is 15.5 Å². The normalized spacial score (nSPS) is 14.2. The molecular formula is C18H16F2N4O2. The van der Waals surface area contributed by atoms with Gasteiger partial charge in [0.2, 0.25) is 11.8 Å². The van der Waals surface area contributed by atoms with Gasteiger partial charge in [0.1, 0.15) is 23.9 Å². The topological polar surface area (TPSA) is 73.0 Å². The van der Waals surface area contributed by atoms with Crippen molar-refractivity contribution >= 4 is 11.6 Å². The van der Waals surface area contributed by atoms with Crippen molar-refractivity contribution in [3.05, 3.63) is 54.1 Å². The fourth-order valence-corrected chi connectivity index (χ4v) is 2.84. The fraction of sp³-hybridized carbons (Fsp3) is 0.278. The fourth-order valence-electron chi connectivity index (χ4n) is 2.84. The Bertz CT molecular complexity index is 946. The van der Waals surface area contributed by atoms with Crippen LogP contribution in [-0.4, -0.2) is 20.7 Å². The number of hydrogen-bond acceptors (Lipinski definition) is 4. The molecular weight excluding hydrogens is 342 g/mol. The molecule has 8 heteroatoms. The van der Waals surface area contributed by atoms with Gasteiger partial charge in [-0.05, 0) is 37.1 Å². The second-order valence-electron chi connectivity index (χ2n) is 6.27. The van der Waals surface area contributed by atoms with Crippen LogP contribution in [0.25, 0.3) is 11.6 Å². The predicted octanol–water partition coefficient (Wildman–Crippen LogP) is 3.72. The van der Waals surface area contributed by atoms with Crippen LogP contribution < -0.4 is 5.32 Å². The van der Waals surface area contributed by atoms with Crippen LogP contribution in [-0.2, 0) is 11.3 Å². The first-order valence-electron chi connectivity index (χ1n) is 8.34. The predicted molar refractivity (Wildman–Crippen MR) is 89.3 cm³/mol. The van der Waals surface area contributed by atoms with Crippen molar-refractivity contribution in [2.45, 2.75) is 31.7 Å². The zero-order chi connectivity index (χ0) is 18.1. The minimum atomic E-state index is -0.826. The first-order chi connectivity index (χ1) is 12.6. The van der Waals surface area contributed by atoms with Crippen LogP contribution in [0.3, 0.4) is 0 Å². The molecule has 0 bridgehead atoms. The highest BCUT2D eigenvalue weighted by molar-refractivity contribution is 5.90. The minimum Gasteiger partial charge on any atom is -0.419 e. The Balaban J connectivity index is 1.48. The third-order valence-electron chi connectivity index (χ3n) is 4.46. The first-order valence-corrected chi connectivity index (χ1v) is 8.34. The van der Waals surface area contributed by atoms with E-state index >= 15 is 0 Å². The summed E-state index contributed by atoms with van der Waals surface area (Å²) in [6.45, 7) is -0.0692. The van der Waals surface area contributed by atoms with Gasteiger partial charge in [0.25, 0.3) is 5.89 Å². The van der Waals surface area contributed by atoms with E-state index in [4.69, 9.17) is 4.42 Å². The van der Waals surface area contributed by atoms with E-state index in [1.54, 1.807) is 22.9 Å². The molecule has 134 valence electrons. The summed E-state index contributed by atoms with van der Waals surface area (Å²) in [5.41, 5.74) is 0.535. The smallest absolute Gasteiger partial charge is 0.264 e. The second kappa shape index (κ2) is 6.70. The van der Waals surface area contributed by atoms with Crippen molar-refractivity contribution in [2.75, 3.05) is 5.32 Å². The van der Waals surface area contributed by atoms with E-state index in [-0.39, 0.29) is 12.2 Å². The zero-order valence-corrected chi connectivity index (χ0v) is 13.8. The zero-order valence-electron chi connectivity index (χ0n) is 13.8. The van der Waals surface area contributed by atoms with Gasteiger partial charge < -0.3 is 14.3 Å². The lowest BCUT2D eigenvalue weighted by atomic mass is 9.85. The maximum absolute atomic E-state index is 13.7. The summed E-state index contributed by atoms with van der Waals surface area (Å²) in [5.74, 6) is -0.689. The van der Waals surface area contributed by atoms with Crippen LogP contribution >= 0.6 is 0 Å². The maximum Gasteiger partial charge on any atom is 0.264 e. The number of amides is 1. The summed E-state index contributed by atoms with van der Waals surface area (Å²) < 4.78 is 34.0. The van der Waals surface area contributed by atoms with Gasteiger partial charge in [-0.3, -0.25) is 4.79 Å². The van der Waals surface area contributed by atoms with Gasteiger partial charge in [-0.1, -0.05) is 6.42 Å². The quantitative estimate of drug-likeness (QED) is 0.754. The molecule has 1 aliphatic carbocycles. The SMILES string of the molecule is O=C(Cn1cccc1-c1nnc(C2CCC2)o1)Nc1ccc(F)cc1F. The number of nitrogens with zero attached hydrogens (tertiary/aromatic N) is 3. The first kappa shape index (κ1) is 16.4. The Kier molecular flexibility index (Phi) is 4.24. The average molecular weight is 358 g/mol. The monoisotopic (exact) mass is 358 g/mol. The highest BCUT2D eigenvalue weighted by Gasteiger charge is 2.26. The Morgan fingerprint density at radius 3 is 2.85 bits per heavy atom. The molecule has 2 heterocycles. The number of anilines is 1. The van der Waals surface area contributed by atoms with Gasteiger partial charge in [-0.25, -0.2) is 8.78 Å². The van der Waals surface area contributed by atoms with Gasteiger partial charge in [0.05, 0.1) is 5.69 Å². The maximum atomic E-state index is 13.7. The lowest BCUT2D eigenvalue weighted by Crippen LogP contribution is -2.19. The molecule has 3 aromatic rings. The average Bonchev–Trinajstić information content (AvgIpc) is 3.18. The molecule has 0 saturated heterocycles. The lowest BCUT2D eigenvalue weighted by Gasteiger charge is -2.20. The summed E-state index contributed by atoms with van der Waals surface area (Å²) in [5, 5.41) is 10.6. The highest BCUT2D eigenvalue weighted by atomic mass is 19.1. The second-order valence-corrected chi connectivity index (χ2v) is 6.27. The molecule has 1 saturated carbocycles. The van der Waals surface area contributed by atoms with E-state index in [1.165, 1.54) is 12.5 Å². The number of carbonyl (C=O) groups excluding carboxylic acids is 1. The van der Waals surface area contributed by atoms with E-state index in [0.29, 0.717) is 23.4 Å². The molecule has 0 spiro atoms. The lowest BCUT2D eigenvalue weighted by molar-refractivity contribution is -0.116. The third kappa shape index (κ3) is 3.22. The molecule has 0 unspecified atom stereocenters. The molecule has 1 aromatic carbocycles. The number of benzene rings is 1. The minimum absolute atomic E-state index is 0.0692. The molecule has 1 aliphatic rings. The van der Waals surface area contributed by atoms with Crippen LogP contribution in [0.4, 0.5) is 14.5 Å². The Morgan fingerprint density at radius 1 is 1.27 bits per heavy atom. The number of carbonyl (C=O) groups is 1. The summed E-state index contributed by atoms with van der Waals surface area (Å²) in [6.07, 6.45) is 4.96. The third-order valence-corrected chi connectivity index (χ3v) is 4.46. The van der Waals surface area contributed by atoms with E-state index in [9.17, 15) is 13.6 Å². The summed E-state index contributed by atoms with van der Waals surface area (Å²) >= 11 is 0. The van der Waals surface area contributed by atoms with Crippen LogP contribution in [0.15, 0.2) is 40.9 Å². The summed E-state index contributed by atoms with van der Waals surface area (Å²) in [7, 11) is 0. The van der Waals surface area contributed by atoms with Crippen LogP contribution in [0.1, 0.15) is 31.1 Å². The van der Waals surface area contributed by atoms with Crippen molar-refractivity contribution in [1.29, 1.82) is 0 Å².